The Hall–Kier alpha value is -1.69. The molecule has 1 aromatic rings. The highest BCUT2D eigenvalue weighted by Crippen LogP contribution is 2.38. The lowest BCUT2D eigenvalue weighted by Gasteiger charge is -2.23. The van der Waals surface area contributed by atoms with Gasteiger partial charge < -0.3 is 20.4 Å². The first-order valence-electron chi connectivity index (χ1n) is 11.4. The van der Waals surface area contributed by atoms with Crippen LogP contribution in [-0.2, 0) is 11.2 Å². The van der Waals surface area contributed by atoms with E-state index in [1.165, 1.54) is 5.56 Å². The summed E-state index contributed by atoms with van der Waals surface area (Å²) in [4.78, 5) is 11.1. The quantitative estimate of drug-likeness (QED) is 0.364. The van der Waals surface area contributed by atoms with Gasteiger partial charge in [0.05, 0.1) is 24.2 Å². The number of aliphatic hydroxyl groups excluding tert-OH is 3. The summed E-state index contributed by atoms with van der Waals surface area (Å²) >= 11 is 0. The van der Waals surface area contributed by atoms with E-state index < -0.39 is 24.3 Å². The van der Waals surface area contributed by atoms with Gasteiger partial charge in [-0.3, -0.25) is 4.79 Å². The van der Waals surface area contributed by atoms with E-state index >= 15 is 0 Å². The van der Waals surface area contributed by atoms with Crippen molar-refractivity contribution in [2.24, 2.45) is 17.8 Å². The maximum atomic E-state index is 11.1. The van der Waals surface area contributed by atoms with Gasteiger partial charge in [-0.1, -0.05) is 49.4 Å². The molecule has 0 spiro atoms. The monoisotopic (exact) mass is 418 g/mol. The molecule has 0 bridgehead atoms. The van der Waals surface area contributed by atoms with E-state index in [1.807, 2.05) is 37.3 Å². The smallest absolute Gasteiger partial charge is 0.306 e. The second-order valence-electron chi connectivity index (χ2n) is 8.68. The molecule has 1 fully saturated rings. The number of hydrogen-bond donors (Lipinski definition) is 4. The molecule has 0 aromatic heterocycles. The summed E-state index contributed by atoms with van der Waals surface area (Å²) in [6, 6.07) is 10.1. The Morgan fingerprint density at radius 1 is 1.07 bits per heavy atom. The fourth-order valence-corrected chi connectivity index (χ4v) is 4.58. The molecular formula is C25H38O5. The van der Waals surface area contributed by atoms with E-state index in [1.54, 1.807) is 0 Å². The predicted molar refractivity (Wildman–Crippen MR) is 118 cm³/mol. The van der Waals surface area contributed by atoms with Crippen molar-refractivity contribution in [1.82, 2.24) is 0 Å². The Morgan fingerprint density at radius 3 is 2.43 bits per heavy atom. The van der Waals surface area contributed by atoms with Gasteiger partial charge in [-0.15, -0.1) is 0 Å². The summed E-state index contributed by atoms with van der Waals surface area (Å²) in [5, 5.41) is 40.2. The third-order valence-electron chi connectivity index (χ3n) is 6.56. The van der Waals surface area contributed by atoms with Crippen LogP contribution in [0, 0.1) is 17.8 Å². The number of carbonyl (C=O) groups is 1. The number of carboxylic acid groups (broad SMARTS) is 1. The summed E-state index contributed by atoms with van der Waals surface area (Å²) in [7, 11) is 0. The standard InChI is InChI=1S/C25H38O5/c1-2-19(25(29)30)11-7-4-8-12-21-22(24(28)17-23(21)27)16-15-20(26)14-13-18-9-5-3-6-10-18/h3-6,8-10,19-24,26-28H,2,7,11-17H2,1H3,(H,29,30)/t19?,20-,21+,22+,23-,24+/m0/s1. The fourth-order valence-electron chi connectivity index (χ4n) is 4.58. The van der Waals surface area contributed by atoms with Crippen LogP contribution in [0.5, 0.6) is 0 Å². The molecule has 1 saturated carbocycles. The number of hydrogen-bond acceptors (Lipinski definition) is 4. The number of aliphatic carboxylic acids is 1. The number of carboxylic acids is 1. The summed E-state index contributed by atoms with van der Waals surface area (Å²) < 4.78 is 0. The lowest BCUT2D eigenvalue weighted by Crippen LogP contribution is -2.23. The summed E-state index contributed by atoms with van der Waals surface area (Å²) in [5.41, 5.74) is 1.21. The average molecular weight is 419 g/mol. The van der Waals surface area contributed by atoms with Gasteiger partial charge in [-0.25, -0.2) is 0 Å². The van der Waals surface area contributed by atoms with Gasteiger partial charge in [-0.05, 0) is 75.2 Å². The lowest BCUT2D eigenvalue weighted by molar-refractivity contribution is -0.142. The van der Waals surface area contributed by atoms with Crippen LogP contribution in [0.2, 0.25) is 0 Å². The van der Waals surface area contributed by atoms with Crippen molar-refractivity contribution in [3.05, 3.63) is 48.0 Å². The van der Waals surface area contributed by atoms with E-state index in [0.29, 0.717) is 51.4 Å². The zero-order valence-corrected chi connectivity index (χ0v) is 18.1. The molecular weight excluding hydrogens is 380 g/mol. The lowest BCUT2D eigenvalue weighted by atomic mass is 9.85. The molecule has 5 nitrogen and oxygen atoms in total. The van der Waals surface area contributed by atoms with Crippen LogP contribution in [0.15, 0.2) is 42.5 Å². The van der Waals surface area contributed by atoms with Crippen LogP contribution in [0.4, 0.5) is 0 Å². The number of aryl methyl sites for hydroxylation is 1. The van der Waals surface area contributed by atoms with Gasteiger partial charge in [0.25, 0.3) is 0 Å². The molecule has 1 aliphatic rings. The third kappa shape index (κ3) is 7.86. The van der Waals surface area contributed by atoms with Crippen LogP contribution in [0.3, 0.4) is 0 Å². The van der Waals surface area contributed by atoms with Crippen molar-refractivity contribution in [1.29, 1.82) is 0 Å². The molecule has 30 heavy (non-hydrogen) atoms. The highest BCUT2D eigenvalue weighted by molar-refractivity contribution is 5.69. The van der Waals surface area contributed by atoms with E-state index in [4.69, 9.17) is 5.11 Å². The van der Waals surface area contributed by atoms with Gasteiger partial charge in [0.2, 0.25) is 0 Å². The van der Waals surface area contributed by atoms with Crippen molar-refractivity contribution >= 4 is 5.97 Å². The first-order valence-corrected chi connectivity index (χ1v) is 11.4. The molecule has 0 saturated heterocycles. The molecule has 1 unspecified atom stereocenters. The van der Waals surface area contributed by atoms with Crippen molar-refractivity contribution in [2.75, 3.05) is 0 Å². The highest BCUT2D eigenvalue weighted by Gasteiger charge is 2.40. The van der Waals surface area contributed by atoms with Gasteiger partial charge in [-0.2, -0.15) is 0 Å². The molecule has 0 radical (unpaired) electrons. The molecule has 5 heteroatoms. The van der Waals surface area contributed by atoms with Crippen LogP contribution in [0.25, 0.3) is 0 Å². The molecule has 4 N–H and O–H groups in total. The predicted octanol–water partition coefficient (Wildman–Crippen LogP) is 3.96. The van der Waals surface area contributed by atoms with E-state index in [-0.39, 0.29) is 17.8 Å². The van der Waals surface area contributed by atoms with Gasteiger partial charge in [0.15, 0.2) is 0 Å². The molecule has 168 valence electrons. The number of aliphatic hydroxyl groups is 3. The first-order chi connectivity index (χ1) is 14.4. The SMILES string of the molecule is CCC(CCC=CC[C@@H]1[C@@H](CC[C@@H](O)CCc2ccccc2)[C@H](O)C[C@@H]1O)C(=O)O. The molecule has 1 aromatic carbocycles. The minimum Gasteiger partial charge on any atom is -0.481 e. The van der Waals surface area contributed by atoms with Crippen molar-refractivity contribution < 1.29 is 25.2 Å². The summed E-state index contributed by atoms with van der Waals surface area (Å²) in [5.74, 6) is -1.08. The number of allylic oxidation sites excluding steroid dienone is 2. The maximum Gasteiger partial charge on any atom is 0.306 e. The Bertz CT molecular complexity index is 644. The number of benzene rings is 1. The van der Waals surface area contributed by atoms with Crippen LogP contribution in [0.1, 0.15) is 63.9 Å². The Kier molecular flexibility index (Phi) is 10.6. The molecule has 6 atom stereocenters. The van der Waals surface area contributed by atoms with Crippen LogP contribution < -0.4 is 0 Å². The van der Waals surface area contributed by atoms with Crippen molar-refractivity contribution in [3.8, 4) is 0 Å². The normalized spacial score (nSPS) is 26.1. The third-order valence-corrected chi connectivity index (χ3v) is 6.56. The largest absolute Gasteiger partial charge is 0.481 e. The van der Waals surface area contributed by atoms with Crippen molar-refractivity contribution in [3.63, 3.8) is 0 Å². The zero-order chi connectivity index (χ0) is 21.9. The second kappa shape index (κ2) is 12.9. The molecule has 0 heterocycles. The van der Waals surface area contributed by atoms with Gasteiger partial charge >= 0.3 is 5.97 Å². The fraction of sp³-hybridized carbons (Fsp3) is 0.640. The minimum atomic E-state index is -0.744. The Labute approximate surface area is 180 Å². The van der Waals surface area contributed by atoms with Crippen molar-refractivity contribution in [2.45, 2.75) is 83.0 Å². The Morgan fingerprint density at radius 2 is 1.77 bits per heavy atom. The summed E-state index contributed by atoms with van der Waals surface area (Å²) in [6.45, 7) is 1.89. The molecule has 0 amide bonds. The second-order valence-corrected chi connectivity index (χ2v) is 8.68. The van der Waals surface area contributed by atoms with E-state index in [9.17, 15) is 20.1 Å². The van der Waals surface area contributed by atoms with E-state index in [0.717, 1.165) is 6.42 Å². The van der Waals surface area contributed by atoms with Crippen LogP contribution in [-0.4, -0.2) is 44.7 Å². The topological polar surface area (TPSA) is 98.0 Å². The first kappa shape index (κ1) is 24.6. The summed E-state index contributed by atoms with van der Waals surface area (Å²) in [6.07, 6.45) is 8.41. The average Bonchev–Trinajstić information content (AvgIpc) is 3.00. The molecule has 1 aliphatic carbocycles. The molecule has 0 aliphatic heterocycles. The molecule has 2 rings (SSSR count). The zero-order valence-electron chi connectivity index (χ0n) is 18.1. The minimum absolute atomic E-state index is 0.0148. The maximum absolute atomic E-state index is 11.1. The highest BCUT2D eigenvalue weighted by atomic mass is 16.4. The van der Waals surface area contributed by atoms with Gasteiger partial charge in [0.1, 0.15) is 0 Å². The van der Waals surface area contributed by atoms with Gasteiger partial charge in [0, 0.05) is 0 Å². The Balaban J connectivity index is 1.76. The van der Waals surface area contributed by atoms with Crippen LogP contribution >= 0.6 is 0 Å². The van der Waals surface area contributed by atoms with E-state index in [2.05, 4.69) is 12.1 Å². The number of rotatable bonds is 13.